The van der Waals surface area contributed by atoms with Crippen molar-refractivity contribution in [2.45, 2.75) is 19.9 Å². The molecule has 0 aromatic carbocycles. The number of carbonyl (C=O) groups excluding carboxylic acids is 2. The van der Waals surface area contributed by atoms with Gasteiger partial charge in [-0.05, 0) is 6.92 Å². The van der Waals surface area contributed by atoms with E-state index >= 15 is 0 Å². The normalized spacial score (nSPS) is 11.9. The smallest absolute Gasteiger partial charge is 0.330 e. The summed E-state index contributed by atoms with van der Waals surface area (Å²) >= 11 is 0. The average Bonchev–Trinajstić information content (AvgIpc) is 2.10. The summed E-state index contributed by atoms with van der Waals surface area (Å²) in [5.41, 5.74) is 0. The third-order valence-corrected chi connectivity index (χ3v) is 1.35. The number of methoxy groups -OCH3 is 1. The number of hydrogen-bond donors (Lipinski definition) is 1. The van der Waals surface area contributed by atoms with E-state index in [-0.39, 0.29) is 12.5 Å². The first-order valence-corrected chi connectivity index (χ1v) is 4.04. The highest BCUT2D eigenvalue weighted by Gasteiger charge is 2.19. The van der Waals surface area contributed by atoms with Crippen LogP contribution in [0.3, 0.4) is 0 Å². The fraction of sp³-hybridized carbons (Fsp3) is 0.750. The van der Waals surface area contributed by atoms with Crippen LogP contribution in [-0.4, -0.2) is 38.2 Å². The van der Waals surface area contributed by atoms with E-state index in [1.165, 1.54) is 14.0 Å². The van der Waals surface area contributed by atoms with Crippen molar-refractivity contribution in [2.75, 3.05) is 20.3 Å². The first-order chi connectivity index (χ1) is 6.11. The summed E-state index contributed by atoms with van der Waals surface area (Å²) < 4.78 is 9.48. The fourth-order valence-electron chi connectivity index (χ4n) is 0.792. The lowest BCUT2D eigenvalue weighted by Gasteiger charge is -2.14. The second-order valence-electron chi connectivity index (χ2n) is 2.44. The maximum atomic E-state index is 11.0. The second-order valence-corrected chi connectivity index (χ2v) is 2.44. The van der Waals surface area contributed by atoms with Gasteiger partial charge >= 0.3 is 5.97 Å². The Morgan fingerprint density at radius 3 is 2.46 bits per heavy atom. The highest BCUT2D eigenvalue weighted by molar-refractivity contribution is 5.83. The van der Waals surface area contributed by atoms with E-state index in [1.54, 1.807) is 0 Å². The molecule has 0 rings (SSSR count). The molecule has 1 atom stereocenters. The molecule has 0 aromatic rings. The van der Waals surface area contributed by atoms with Crippen molar-refractivity contribution in [3.8, 4) is 0 Å². The van der Waals surface area contributed by atoms with Crippen LogP contribution in [-0.2, 0) is 19.1 Å². The Labute approximate surface area is 77.4 Å². The van der Waals surface area contributed by atoms with E-state index in [4.69, 9.17) is 4.74 Å². The van der Waals surface area contributed by atoms with Gasteiger partial charge in [0.2, 0.25) is 5.91 Å². The second kappa shape index (κ2) is 6.42. The molecule has 0 saturated carbocycles. The molecule has 1 amide bonds. The van der Waals surface area contributed by atoms with Crippen LogP contribution in [0, 0.1) is 0 Å². The molecular weight excluding hydrogens is 174 g/mol. The maximum Gasteiger partial charge on any atom is 0.330 e. The topological polar surface area (TPSA) is 64.6 Å². The standard InChI is InChI=1S/C8H15NO4/c1-4-13-5-7(8(11)12-3)9-6(2)10/h7H,4-5H2,1-3H3,(H,9,10). The molecule has 0 bridgehead atoms. The monoisotopic (exact) mass is 189 g/mol. The minimum atomic E-state index is -0.706. The van der Waals surface area contributed by atoms with E-state index in [2.05, 4.69) is 10.1 Å². The van der Waals surface area contributed by atoms with Crippen molar-refractivity contribution in [1.82, 2.24) is 5.32 Å². The molecule has 1 N–H and O–H groups in total. The lowest BCUT2D eigenvalue weighted by Crippen LogP contribution is -2.43. The number of ether oxygens (including phenoxy) is 2. The van der Waals surface area contributed by atoms with Crippen LogP contribution in [0.5, 0.6) is 0 Å². The molecular formula is C8H15NO4. The molecule has 0 fully saturated rings. The molecule has 0 spiro atoms. The molecule has 0 heterocycles. The zero-order valence-corrected chi connectivity index (χ0v) is 8.12. The number of rotatable bonds is 5. The van der Waals surface area contributed by atoms with Gasteiger partial charge in [-0.3, -0.25) is 4.79 Å². The van der Waals surface area contributed by atoms with Crippen LogP contribution in [0.1, 0.15) is 13.8 Å². The zero-order chi connectivity index (χ0) is 10.3. The minimum absolute atomic E-state index is 0.142. The van der Waals surface area contributed by atoms with Gasteiger partial charge in [-0.1, -0.05) is 0 Å². The van der Waals surface area contributed by atoms with Gasteiger partial charge < -0.3 is 14.8 Å². The van der Waals surface area contributed by atoms with Gasteiger partial charge in [0.25, 0.3) is 0 Å². The van der Waals surface area contributed by atoms with Crippen molar-refractivity contribution in [2.24, 2.45) is 0 Å². The van der Waals surface area contributed by atoms with Crippen LogP contribution < -0.4 is 5.32 Å². The molecule has 5 nitrogen and oxygen atoms in total. The molecule has 0 aliphatic heterocycles. The summed E-state index contributed by atoms with van der Waals surface area (Å²) in [6.07, 6.45) is 0. The highest BCUT2D eigenvalue weighted by atomic mass is 16.5. The Bertz CT molecular complexity index is 181. The van der Waals surface area contributed by atoms with Crippen molar-refractivity contribution >= 4 is 11.9 Å². The minimum Gasteiger partial charge on any atom is -0.467 e. The Kier molecular flexibility index (Phi) is 5.88. The SMILES string of the molecule is CCOCC(NC(C)=O)C(=O)OC. The van der Waals surface area contributed by atoms with Crippen molar-refractivity contribution < 1.29 is 19.1 Å². The number of amides is 1. The van der Waals surface area contributed by atoms with Crippen molar-refractivity contribution in [3.63, 3.8) is 0 Å². The first-order valence-electron chi connectivity index (χ1n) is 4.04. The number of hydrogen-bond acceptors (Lipinski definition) is 4. The third kappa shape index (κ3) is 5.19. The Hall–Kier alpha value is -1.10. The number of nitrogens with one attached hydrogen (secondary N) is 1. The first kappa shape index (κ1) is 11.9. The Balaban J connectivity index is 4.02. The molecule has 1 unspecified atom stereocenters. The molecule has 13 heavy (non-hydrogen) atoms. The molecule has 0 saturated heterocycles. The van der Waals surface area contributed by atoms with Crippen molar-refractivity contribution in [1.29, 1.82) is 0 Å². The summed E-state index contributed by atoms with van der Waals surface area (Å²) in [7, 11) is 1.27. The molecule has 5 heteroatoms. The molecule has 0 radical (unpaired) electrons. The van der Waals surface area contributed by atoms with Crippen molar-refractivity contribution in [3.05, 3.63) is 0 Å². The lowest BCUT2D eigenvalue weighted by molar-refractivity contribution is -0.146. The Morgan fingerprint density at radius 2 is 2.08 bits per heavy atom. The highest BCUT2D eigenvalue weighted by Crippen LogP contribution is 1.90. The summed E-state index contributed by atoms with van der Waals surface area (Å²) in [6.45, 7) is 3.78. The van der Waals surface area contributed by atoms with Gasteiger partial charge in [0, 0.05) is 13.5 Å². The average molecular weight is 189 g/mol. The van der Waals surface area contributed by atoms with E-state index in [9.17, 15) is 9.59 Å². The zero-order valence-electron chi connectivity index (χ0n) is 8.12. The summed E-state index contributed by atoms with van der Waals surface area (Å²) in [5.74, 6) is -0.779. The summed E-state index contributed by atoms with van der Waals surface area (Å²) in [6, 6.07) is -0.706. The van der Waals surface area contributed by atoms with Crippen LogP contribution in [0.4, 0.5) is 0 Å². The summed E-state index contributed by atoms with van der Waals surface area (Å²) in [5, 5.41) is 2.43. The van der Waals surface area contributed by atoms with Crippen LogP contribution >= 0.6 is 0 Å². The quantitative estimate of drug-likeness (QED) is 0.603. The largest absolute Gasteiger partial charge is 0.467 e. The summed E-state index contributed by atoms with van der Waals surface area (Å²) in [4.78, 5) is 21.7. The third-order valence-electron chi connectivity index (χ3n) is 1.35. The molecule has 0 aliphatic rings. The Morgan fingerprint density at radius 1 is 1.46 bits per heavy atom. The van der Waals surface area contributed by atoms with E-state index in [1.807, 2.05) is 6.92 Å². The molecule has 76 valence electrons. The van der Waals surface area contributed by atoms with Gasteiger partial charge in [0.15, 0.2) is 6.04 Å². The van der Waals surface area contributed by atoms with Crippen LogP contribution in [0.25, 0.3) is 0 Å². The molecule has 0 aromatic heterocycles. The maximum absolute atomic E-state index is 11.0. The van der Waals surface area contributed by atoms with E-state index in [0.29, 0.717) is 6.61 Å². The van der Waals surface area contributed by atoms with Gasteiger partial charge in [0.1, 0.15) is 0 Å². The van der Waals surface area contributed by atoms with Gasteiger partial charge in [-0.15, -0.1) is 0 Å². The number of carbonyl (C=O) groups is 2. The van der Waals surface area contributed by atoms with Gasteiger partial charge in [-0.25, -0.2) is 4.79 Å². The van der Waals surface area contributed by atoms with Crippen LogP contribution in [0.15, 0.2) is 0 Å². The van der Waals surface area contributed by atoms with Gasteiger partial charge in [0.05, 0.1) is 13.7 Å². The van der Waals surface area contributed by atoms with E-state index in [0.717, 1.165) is 0 Å². The fourth-order valence-corrected chi connectivity index (χ4v) is 0.792. The lowest BCUT2D eigenvalue weighted by atomic mass is 10.3. The van der Waals surface area contributed by atoms with Gasteiger partial charge in [-0.2, -0.15) is 0 Å². The van der Waals surface area contributed by atoms with Crippen LogP contribution in [0.2, 0.25) is 0 Å². The predicted octanol–water partition coefficient (Wildman–Crippen LogP) is -0.299. The number of esters is 1. The molecule has 0 aliphatic carbocycles. The predicted molar refractivity (Wildman–Crippen MR) is 46.1 cm³/mol. The van der Waals surface area contributed by atoms with E-state index < -0.39 is 12.0 Å².